The van der Waals surface area contributed by atoms with Crippen molar-refractivity contribution in [1.82, 2.24) is 30.2 Å². The highest BCUT2D eigenvalue weighted by atomic mass is 32.2. The first kappa shape index (κ1) is 45.6. The van der Waals surface area contributed by atoms with Crippen molar-refractivity contribution in [3.63, 3.8) is 0 Å². The van der Waals surface area contributed by atoms with Crippen molar-refractivity contribution in [2.75, 3.05) is 34.5 Å². The van der Waals surface area contributed by atoms with Crippen LogP contribution in [0.1, 0.15) is 72.6 Å². The van der Waals surface area contributed by atoms with Gasteiger partial charge in [-0.3, -0.25) is 19.1 Å². The number of carbonyl (C=O) groups is 4. The first-order chi connectivity index (χ1) is 28.6. The summed E-state index contributed by atoms with van der Waals surface area (Å²) in [6.45, 7) is 4.34. The molecular formula is C40H53F3N6O11S. The summed E-state index contributed by atoms with van der Waals surface area (Å²) in [5.41, 5.74) is -4.24. The minimum absolute atomic E-state index is 0.0680. The van der Waals surface area contributed by atoms with E-state index in [1.807, 2.05) is 13.0 Å². The lowest BCUT2D eigenvalue weighted by Gasteiger charge is -2.35. The fraction of sp³-hybridized carbons (Fsp3) is 0.650. The molecule has 1 aromatic carbocycles. The van der Waals surface area contributed by atoms with Crippen molar-refractivity contribution in [2.45, 2.75) is 113 Å². The Labute approximate surface area is 351 Å². The third-order valence-corrected chi connectivity index (χ3v) is 14.2. The number of halogens is 3. The van der Waals surface area contributed by atoms with Gasteiger partial charge in [0.25, 0.3) is 5.91 Å². The van der Waals surface area contributed by atoms with E-state index in [9.17, 15) is 40.8 Å². The van der Waals surface area contributed by atoms with Crippen LogP contribution in [0.15, 0.2) is 30.4 Å². The summed E-state index contributed by atoms with van der Waals surface area (Å²) in [5, 5.41) is 5.59. The lowest BCUT2D eigenvalue weighted by Crippen LogP contribution is -2.60. The summed E-state index contributed by atoms with van der Waals surface area (Å²) in [5.74, 6) is -3.64. The Bertz CT molecular complexity index is 2170. The van der Waals surface area contributed by atoms with Gasteiger partial charge >= 0.3 is 18.3 Å². The van der Waals surface area contributed by atoms with Gasteiger partial charge in [0.1, 0.15) is 34.9 Å². The number of sulfonamides is 1. The van der Waals surface area contributed by atoms with Gasteiger partial charge in [-0.05, 0) is 77.3 Å². The number of hydrogen-bond acceptors (Lipinski definition) is 13. The number of rotatable bonds is 11. The van der Waals surface area contributed by atoms with Crippen molar-refractivity contribution in [3.05, 3.63) is 30.4 Å². The molecule has 3 fully saturated rings. The van der Waals surface area contributed by atoms with Crippen LogP contribution in [-0.4, -0.2) is 122 Å². The Morgan fingerprint density at radius 1 is 1.07 bits per heavy atom. The van der Waals surface area contributed by atoms with E-state index in [0.29, 0.717) is 56.2 Å². The molecule has 2 aliphatic heterocycles. The lowest BCUT2D eigenvalue weighted by molar-refractivity contribution is -0.244. The number of ether oxygens (including phenoxy) is 5. The molecule has 17 nitrogen and oxygen atoms in total. The molecule has 3 N–H and O–H groups in total. The van der Waals surface area contributed by atoms with Gasteiger partial charge in [-0.15, -0.1) is 0 Å². The van der Waals surface area contributed by atoms with E-state index in [2.05, 4.69) is 25.3 Å². The van der Waals surface area contributed by atoms with Crippen molar-refractivity contribution in [1.29, 1.82) is 0 Å². The molecule has 336 valence electrons. The average Bonchev–Trinajstić information content (AvgIpc) is 4.07. The monoisotopic (exact) mass is 882 g/mol. The first-order valence-corrected chi connectivity index (χ1v) is 21.5. The number of fused-ring (bicyclic) bond motifs is 3. The Morgan fingerprint density at radius 2 is 1.79 bits per heavy atom. The molecule has 4 amide bonds. The second kappa shape index (κ2) is 17.1. The normalized spacial score (nSPS) is 28.0. The molecule has 1 aromatic heterocycles. The minimum Gasteiger partial charge on any atom is -0.496 e. The largest absolute Gasteiger partial charge is 0.496 e. The summed E-state index contributed by atoms with van der Waals surface area (Å²) < 4.78 is 96.5. The van der Waals surface area contributed by atoms with Crippen molar-refractivity contribution < 1.29 is 64.5 Å². The third-order valence-electron chi connectivity index (χ3n) is 12.1. The van der Waals surface area contributed by atoms with Crippen molar-refractivity contribution >= 4 is 44.7 Å². The molecule has 6 rings (SSSR count). The van der Waals surface area contributed by atoms with Gasteiger partial charge in [0.2, 0.25) is 33.3 Å². The highest BCUT2D eigenvalue weighted by molar-refractivity contribution is 7.91. The molecule has 0 bridgehead atoms. The van der Waals surface area contributed by atoms with E-state index in [0.717, 1.165) is 4.90 Å². The lowest BCUT2D eigenvalue weighted by atomic mass is 9.87. The molecule has 0 radical (unpaired) electrons. The number of aromatic nitrogens is 2. The van der Waals surface area contributed by atoms with E-state index in [4.69, 9.17) is 23.7 Å². The van der Waals surface area contributed by atoms with E-state index < -0.39 is 85.9 Å². The van der Waals surface area contributed by atoms with E-state index in [1.54, 1.807) is 24.3 Å². The summed E-state index contributed by atoms with van der Waals surface area (Å²) in [7, 11) is 0.122. The fourth-order valence-corrected chi connectivity index (χ4v) is 9.17. The highest BCUT2D eigenvalue weighted by Crippen LogP contribution is 2.48. The van der Waals surface area contributed by atoms with Crippen LogP contribution in [0.25, 0.3) is 10.9 Å². The van der Waals surface area contributed by atoms with Crippen LogP contribution in [0.3, 0.4) is 0 Å². The summed E-state index contributed by atoms with van der Waals surface area (Å²) in [6, 6.07) is 1.89. The number of carbonyl (C=O) groups excluding carboxylic acids is 4. The average molecular weight is 883 g/mol. The van der Waals surface area contributed by atoms with E-state index in [-0.39, 0.29) is 50.2 Å². The number of amides is 4. The zero-order chi connectivity index (χ0) is 44.7. The van der Waals surface area contributed by atoms with Crippen LogP contribution in [-0.2, 0) is 33.9 Å². The van der Waals surface area contributed by atoms with Gasteiger partial charge < -0.3 is 39.2 Å². The summed E-state index contributed by atoms with van der Waals surface area (Å²) in [6.07, 6.45) is -2.01. The quantitative estimate of drug-likeness (QED) is 0.273. The molecule has 0 spiro atoms. The number of nitrogens with zero attached hydrogens (tertiary/aromatic N) is 3. The zero-order valence-electron chi connectivity index (χ0n) is 35.1. The molecule has 1 saturated heterocycles. The summed E-state index contributed by atoms with van der Waals surface area (Å²) >= 11 is 0. The molecule has 0 unspecified atom stereocenters. The maximum absolute atomic E-state index is 15.0. The predicted molar refractivity (Wildman–Crippen MR) is 212 cm³/mol. The Hall–Kier alpha value is -4.92. The van der Waals surface area contributed by atoms with Crippen LogP contribution in [0.5, 0.6) is 17.6 Å². The third kappa shape index (κ3) is 9.46. The molecule has 2 aliphatic carbocycles. The summed E-state index contributed by atoms with van der Waals surface area (Å²) in [4.78, 5) is 66.8. The maximum atomic E-state index is 15.0. The standard InChI is InChI=1S/C40H53F3N6O11S/c1-22-11-8-9-12-24-19-39(24,34(52)48-61(54,55)38(4)15-16-38)47-31(50)27-18-25(59-35-44-26-13-10-14-28(57-6)29(26)32(46-35)58-7)20-49(27)33(51)30(23(17-22)21-56-5)45-36(53)60-37(2,3)40(41,42)43/h9-10,12-14,22-25,27,30H,8,11,15-21H2,1-7H3,(H,45,53)(H,47,50)(H,48,52)/t22-,23-,24+,25+,27-,30-,39+/m0/s1. The van der Waals surface area contributed by atoms with Crippen LogP contribution in [0, 0.1) is 17.8 Å². The molecule has 3 heterocycles. The first-order valence-electron chi connectivity index (χ1n) is 20.0. The second-order valence-electron chi connectivity index (χ2n) is 17.1. The SMILES string of the molecule is COC[C@@H]1C[C@@H](C)CCC=C[C@@H]2C[C@@]2(C(=O)NS(=O)(=O)C2(C)CC2)NC(=O)[C@@H]2C[C@@H](Oc3nc(OC)c4c(OC)cccc4n3)CN2C(=O)[C@H]1NC(=O)OC(C)(C)C(F)(F)F. The van der Waals surface area contributed by atoms with Crippen molar-refractivity contribution in [2.24, 2.45) is 17.8 Å². The fourth-order valence-electron chi connectivity index (χ4n) is 7.86. The smallest absolute Gasteiger partial charge is 0.427 e. The number of allylic oxidation sites excluding steroid dienone is 1. The minimum atomic E-state index is -4.95. The molecule has 2 saturated carbocycles. The van der Waals surface area contributed by atoms with E-state index >= 15 is 0 Å². The van der Waals surface area contributed by atoms with Crippen LogP contribution in [0.2, 0.25) is 0 Å². The van der Waals surface area contributed by atoms with Gasteiger partial charge in [-0.1, -0.05) is 25.1 Å². The second-order valence-corrected chi connectivity index (χ2v) is 19.3. The highest BCUT2D eigenvalue weighted by Gasteiger charge is 2.63. The topological polar surface area (TPSA) is 214 Å². The Balaban J connectivity index is 1.39. The number of methoxy groups -OCH3 is 3. The van der Waals surface area contributed by atoms with E-state index in [1.165, 1.54) is 28.3 Å². The maximum Gasteiger partial charge on any atom is 0.427 e. The molecule has 61 heavy (non-hydrogen) atoms. The Kier molecular flexibility index (Phi) is 12.8. The van der Waals surface area contributed by atoms with Gasteiger partial charge in [0.05, 0.1) is 37.6 Å². The van der Waals surface area contributed by atoms with Crippen molar-refractivity contribution in [3.8, 4) is 17.6 Å². The van der Waals surface area contributed by atoms with Crippen LogP contribution >= 0.6 is 0 Å². The number of alkyl halides is 3. The molecule has 21 heteroatoms. The van der Waals surface area contributed by atoms with Gasteiger partial charge in [0, 0.05) is 25.4 Å². The Morgan fingerprint density at radius 3 is 2.43 bits per heavy atom. The van der Waals surface area contributed by atoms with Crippen LogP contribution in [0.4, 0.5) is 18.0 Å². The number of nitrogens with one attached hydrogen (secondary N) is 3. The van der Waals surface area contributed by atoms with Gasteiger partial charge in [0.15, 0.2) is 0 Å². The number of alkyl carbamates (subject to hydrolysis) is 1. The zero-order valence-corrected chi connectivity index (χ0v) is 35.9. The molecule has 2 aromatic rings. The number of hydrogen-bond donors (Lipinski definition) is 3. The predicted octanol–water partition coefficient (Wildman–Crippen LogP) is 3.94. The molecule has 7 atom stereocenters. The van der Waals surface area contributed by atoms with Crippen LogP contribution < -0.4 is 29.6 Å². The number of benzene rings is 1. The molecule has 4 aliphatic rings. The molecular weight excluding hydrogens is 830 g/mol. The van der Waals surface area contributed by atoms with Gasteiger partial charge in [-0.25, -0.2) is 13.2 Å². The van der Waals surface area contributed by atoms with Gasteiger partial charge in [-0.2, -0.15) is 23.1 Å².